The molecule has 2 heterocycles. The minimum Gasteiger partial charge on any atom is -0.330 e. The van der Waals surface area contributed by atoms with Gasteiger partial charge in [-0.2, -0.15) is 0 Å². The van der Waals surface area contributed by atoms with Crippen LogP contribution in [0, 0.1) is 0 Å². The van der Waals surface area contributed by atoms with Gasteiger partial charge < -0.3 is 5.73 Å². The van der Waals surface area contributed by atoms with Crippen LogP contribution in [0.2, 0.25) is 0 Å². The number of nitrogens with two attached hydrogens (primary N) is 1. The predicted molar refractivity (Wildman–Crippen MR) is 104 cm³/mol. The Balaban J connectivity index is 1.89. The maximum absolute atomic E-state index is 13.3. The number of hydrogen-bond acceptors (Lipinski definition) is 4. The highest BCUT2D eigenvalue weighted by Gasteiger charge is 2.21. The van der Waals surface area contributed by atoms with Crippen LogP contribution in [0.15, 0.2) is 72.0 Å². The minimum atomic E-state index is -3.72. The summed E-state index contributed by atoms with van der Waals surface area (Å²) in [7, 11) is -3.72. The topological polar surface area (TPSA) is 78.0 Å². The van der Waals surface area contributed by atoms with Gasteiger partial charge in [0.15, 0.2) is 0 Å². The summed E-state index contributed by atoms with van der Waals surface area (Å²) in [6.07, 6.45) is 6.52. The minimum absolute atomic E-state index is 0.266. The number of rotatable bonds is 5. The lowest BCUT2D eigenvalue weighted by Gasteiger charge is -2.08. The van der Waals surface area contributed by atoms with Crippen LogP contribution in [-0.2, 0) is 16.4 Å². The number of aromatic nitrogens is 2. The molecule has 2 N–H and O–H groups in total. The second-order valence-electron chi connectivity index (χ2n) is 6.25. The van der Waals surface area contributed by atoms with Crippen molar-refractivity contribution in [2.75, 3.05) is 6.54 Å². The van der Waals surface area contributed by atoms with Crippen molar-refractivity contribution in [2.45, 2.75) is 17.7 Å². The van der Waals surface area contributed by atoms with Crippen molar-refractivity contribution >= 4 is 31.7 Å². The number of pyridine rings is 1. The molecular weight excluding hydrogens is 346 g/mol. The van der Waals surface area contributed by atoms with Gasteiger partial charge in [-0.15, -0.1) is 0 Å². The molecule has 6 heteroatoms. The molecule has 0 radical (unpaired) electrons. The van der Waals surface area contributed by atoms with E-state index in [9.17, 15) is 8.42 Å². The Bertz CT molecular complexity index is 1200. The number of fused-ring (bicyclic) bond motifs is 2. The Morgan fingerprint density at radius 1 is 1.04 bits per heavy atom. The molecule has 0 aliphatic heterocycles. The smallest absolute Gasteiger partial charge is 0.268 e. The van der Waals surface area contributed by atoms with Crippen molar-refractivity contribution in [3.8, 4) is 0 Å². The van der Waals surface area contributed by atoms with E-state index < -0.39 is 10.0 Å². The summed E-state index contributed by atoms with van der Waals surface area (Å²) in [4.78, 5) is 4.38. The van der Waals surface area contributed by atoms with E-state index in [1.165, 1.54) is 3.97 Å². The molecule has 0 fully saturated rings. The van der Waals surface area contributed by atoms with E-state index in [-0.39, 0.29) is 4.90 Å². The van der Waals surface area contributed by atoms with Crippen LogP contribution in [0.25, 0.3) is 21.7 Å². The zero-order chi connectivity index (χ0) is 18.1. The first-order valence-electron chi connectivity index (χ1n) is 8.49. The standard InChI is InChI=1S/C20H19N3O2S/c21-10-3-6-17-14-23(20-13-22-11-9-19(17)20)26(24,25)18-8-7-15-4-1-2-5-16(15)12-18/h1-2,4-5,7-9,11-14H,3,6,10,21H2. The fourth-order valence-electron chi connectivity index (χ4n) is 3.25. The van der Waals surface area contributed by atoms with Gasteiger partial charge in [-0.3, -0.25) is 4.98 Å². The fourth-order valence-corrected chi connectivity index (χ4v) is 4.66. The third-order valence-electron chi connectivity index (χ3n) is 4.58. The van der Waals surface area contributed by atoms with E-state index in [1.54, 1.807) is 30.7 Å². The Hall–Kier alpha value is -2.70. The highest BCUT2D eigenvalue weighted by atomic mass is 32.2. The lowest BCUT2D eigenvalue weighted by molar-refractivity contribution is 0.589. The van der Waals surface area contributed by atoms with Crippen molar-refractivity contribution in [3.05, 3.63) is 72.7 Å². The molecule has 5 nitrogen and oxygen atoms in total. The van der Waals surface area contributed by atoms with E-state index in [0.29, 0.717) is 12.1 Å². The fraction of sp³-hybridized carbons (Fsp3) is 0.150. The monoisotopic (exact) mass is 365 g/mol. The van der Waals surface area contributed by atoms with Gasteiger partial charge in [0.2, 0.25) is 0 Å². The summed E-state index contributed by atoms with van der Waals surface area (Å²) in [5.41, 5.74) is 7.18. The first-order valence-corrected chi connectivity index (χ1v) is 9.93. The molecule has 0 atom stereocenters. The van der Waals surface area contributed by atoms with E-state index in [0.717, 1.165) is 34.6 Å². The Morgan fingerprint density at radius 3 is 2.65 bits per heavy atom. The molecule has 132 valence electrons. The SMILES string of the molecule is NCCCc1cn(S(=O)(=O)c2ccc3ccccc3c2)c2cnccc12. The second-order valence-corrected chi connectivity index (χ2v) is 8.06. The van der Waals surface area contributed by atoms with Gasteiger partial charge in [-0.05, 0) is 53.9 Å². The molecule has 4 aromatic rings. The summed E-state index contributed by atoms with van der Waals surface area (Å²) < 4.78 is 27.9. The van der Waals surface area contributed by atoms with Crippen LogP contribution in [0.3, 0.4) is 0 Å². The molecule has 0 saturated heterocycles. The number of nitrogens with zero attached hydrogens (tertiary/aromatic N) is 2. The van der Waals surface area contributed by atoms with Gasteiger partial charge in [0, 0.05) is 17.8 Å². The molecule has 0 saturated carbocycles. The van der Waals surface area contributed by atoms with Crippen LogP contribution in [-0.4, -0.2) is 23.9 Å². The van der Waals surface area contributed by atoms with Crippen molar-refractivity contribution < 1.29 is 8.42 Å². The average molecular weight is 365 g/mol. The Kier molecular flexibility index (Phi) is 4.22. The maximum Gasteiger partial charge on any atom is 0.268 e. The van der Waals surface area contributed by atoms with Crippen LogP contribution in [0.4, 0.5) is 0 Å². The number of aryl methyl sites for hydroxylation is 1. The molecule has 0 amide bonds. The van der Waals surface area contributed by atoms with Gasteiger partial charge in [0.05, 0.1) is 16.6 Å². The Morgan fingerprint density at radius 2 is 1.85 bits per heavy atom. The molecule has 0 aliphatic rings. The highest BCUT2D eigenvalue weighted by Crippen LogP contribution is 2.27. The first kappa shape index (κ1) is 16.8. The first-order chi connectivity index (χ1) is 12.6. The molecule has 26 heavy (non-hydrogen) atoms. The molecule has 2 aromatic carbocycles. The van der Waals surface area contributed by atoms with Gasteiger partial charge in [0.25, 0.3) is 10.0 Å². The molecule has 0 spiro atoms. The second kappa shape index (κ2) is 6.55. The third-order valence-corrected chi connectivity index (χ3v) is 6.25. The van der Waals surface area contributed by atoms with E-state index >= 15 is 0 Å². The lowest BCUT2D eigenvalue weighted by Crippen LogP contribution is -2.12. The lowest BCUT2D eigenvalue weighted by atomic mass is 10.1. The number of benzene rings is 2. The molecule has 4 rings (SSSR count). The van der Waals surface area contributed by atoms with Crippen molar-refractivity contribution in [1.29, 1.82) is 0 Å². The summed E-state index contributed by atoms with van der Waals surface area (Å²) in [6.45, 7) is 0.565. The van der Waals surface area contributed by atoms with Crippen LogP contribution >= 0.6 is 0 Å². The molecule has 2 aromatic heterocycles. The largest absolute Gasteiger partial charge is 0.330 e. The summed E-state index contributed by atoms with van der Waals surface area (Å²) in [6, 6.07) is 14.8. The highest BCUT2D eigenvalue weighted by molar-refractivity contribution is 7.90. The quantitative estimate of drug-likeness (QED) is 0.588. The van der Waals surface area contributed by atoms with Gasteiger partial charge in [0.1, 0.15) is 0 Å². The summed E-state index contributed by atoms with van der Waals surface area (Å²) in [5, 5.41) is 2.80. The van der Waals surface area contributed by atoms with Gasteiger partial charge in [-0.1, -0.05) is 30.3 Å². The van der Waals surface area contributed by atoms with Gasteiger partial charge in [-0.25, -0.2) is 12.4 Å². The van der Waals surface area contributed by atoms with Crippen molar-refractivity contribution in [2.24, 2.45) is 5.73 Å². The van der Waals surface area contributed by atoms with Crippen molar-refractivity contribution in [1.82, 2.24) is 8.96 Å². The van der Waals surface area contributed by atoms with E-state index in [2.05, 4.69) is 4.98 Å². The predicted octanol–water partition coefficient (Wildman–Crippen LogP) is 3.32. The summed E-state index contributed by atoms with van der Waals surface area (Å²) in [5.74, 6) is 0. The van der Waals surface area contributed by atoms with E-state index in [4.69, 9.17) is 5.73 Å². The molecule has 0 aliphatic carbocycles. The molecule has 0 bridgehead atoms. The van der Waals surface area contributed by atoms with Gasteiger partial charge >= 0.3 is 0 Å². The number of hydrogen-bond donors (Lipinski definition) is 1. The third kappa shape index (κ3) is 2.77. The average Bonchev–Trinajstić information content (AvgIpc) is 3.05. The van der Waals surface area contributed by atoms with E-state index in [1.807, 2.05) is 36.4 Å². The summed E-state index contributed by atoms with van der Waals surface area (Å²) >= 11 is 0. The zero-order valence-electron chi connectivity index (χ0n) is 14.2. The van der Waals surface area contributed by atoms with Crippen molar-refractivity contribution in [3.63, 3.8) is 0 Å². The molecular formula is C20H19N3O2S. The maximum atomic E-state index is 13.3. The molecule has 0 unspecified atom stereocenters. The normalized spacial score (nSPS) is 12.0. The van der Waals surface area contributed by atoms with Crippen LogP contribution < -0.4 is 5.73 Å². The Labute approximate surface area is 152 Å². The van der Waals surface area contributed by atoms with Crippen LogP contribution in [0.1, 0.15) is 12.0 Å². The zero-order valence-corrected chi connectivity index (χ0v) is 15.0. The van der Waals surface area contributed by atoms with Crippen LogP contribution in [0.5, 0.6) is 0 Å².